The van der Waals surface area contributed by atoms with E-state index in [9.17, 15) is 4.79 Å². The van der Waals surface area contributed by atoms with Gasteiger partial charge in [0.15, 0.2) is 5.96 Å². The van der Waals surface area contributed by atoms with Crippen molar-refractivity contribution in [3.8, 4) is 0 Å². The number of carbonyl (C=O) groups excluding carboxylic acids is 1. The van der Waals surface area contributed by atoms with E-state index in [4.69, 9.17) is 5.73 Å². The minimum atomic E-state index is -0.252. The van der Waals surface area contributed by atoms with E-state index in [0.717, 1.165) is 25.0 Å². The summed E-state index contributed by atoms with van der Waals surface area (Å²) < 4.78 is 0. The molecule has 0 radical (unpaired) electrons. The van der Waals surface area contributed by atoms with Crippen LogP contribution in [0, 0.1) is 0 Å². The average molecular weight is 291 g/mol. The first kappa shape index (κ1) is 17.1. The van der Waals surface area contributed by atoms with Crippen molar-refractivity contribution < 1.29 is 4.79 Å². The molecule has 1 aromatic heterocycles. The van der Waals surface area contributed by atoms with Crippen LogP contribution >= 0.6 is 0 Å². The van der Waals surface area contributed by atoms with Crippen LogP contribution in [-0.4, -0.2) is 38.0 Å². The maximum absolute atomic E-state index is 11.9. The van der Waals surface area contributed by atoms with E-state index in [0.29, 0.717) is 5.56 Å². The fourth-order valence-corrected chi connectivity index (χ4v) is 2.13. The Balaban J connectivity index is 0.000000677. The molecule has 6 nitrogen and oxygen atoms in total. The van der Waals surface area contributed by atoms with Gasteiger partial charge in [-0.05, 0) is 51.4 Å². The zero-order valence-corrected chi connectivity index (χ0v) is 13.1. The molecule has 0 saturated carbocycles. The second kappa shape index (κ2) is 9.07. The Morgan fingerprint density at radius 3 is 2.62 bits per heavy atom. The molecule has 0 unspecified atom stereocenters. The Hall–Kier alpha value is -1.95. The van der Waals surface area contributed by atoms with Crippen LogP contribution in [0.2, 0.25) is 0 Å². The standard InChI is InChI=1S/C13H18N4O.C2H7N/c1-15-13(14)17-12(18)10-7-9-5-3-2-4-6-11(9)16-8-10;1-3-2/h7-8H,2-6H2,1H3,(H3,14,15,17,18);3H,1-2H3. The molecule has 1 aliphatic carbocycles. The van der Waals surface area contributed by atoms with Gasteiger partial charge >= 0.3 is 0 Å². The lowest BCUT2D eigenvalue weighted by Crippen LogP contribution is -2.36. The van der Waals surface area contributed by atoms with E-state index in [-0.39, 0.29) is 11.9 Å². The van der Waals surface area contributed by atoms with Gasteiger partial charge in [-0.2, -0.15) is 0 Å². The molecule has 0 atom stereocenters. The summed E-state index contributed by atoms with van der Waals surface area (Å²) in [5.74, 6) is -0.132. The van der Waals surface area contributed by atoms with Crippen LogP contribution in [0.3, 0.4) is 0 Å². The maximum Gasteiger partial charge on any atom is 0.259 e. The van der Waals surface area contributed by atoms with Gasteiger partial charge in [-0.25, -0.2) is 0 Å². The number of rotatable bonds is 1. The summed E-state index contributed by atoms with van der Waals surface area (Å²) in [7, 11) is 5.28. The molecule has 2 rings (SSSR count). The number of carbonyl (C=O) groups is 1. The minimum Gasteiger partial charge on any atom is -0.370 e. The number of hydrogen-bond donors (Lipinski definition) is 3. The quantitative estimate of drug-likeness (QED) is 0.406. The number of hydrogen-bond acceptors (Lipinski definition) is 4. The van der Waals surface area contributed by atoms with Gasteiger partial charge in [0.2, 0.25) is 0 Å². The lowest BCUT2D eigenvalue weighted by atomic mass is 10.1. The molecule has 0 spiro atoms. The number of guanidine groups is 1. The first-order chi connectivity index (χ1) is 10.1. The summed E-state index contributed by atoms with van der Waals surface area (Å²) in [5.41, 5.74) is 8.33. The van der Waals surface area contributed by atoms with Crippen LogP contribution in [0.4, 0.5) is 0 Å². The van der Waals surface area contributed by atoms with Crippen molar-refractivity contribution in [3.05, 3.63) is 29.1 Å². The van der Waals surface area contributed by atoms with Crippen LogP contribution in [0.1, 0.15) is 40.9 Å². The van der Waals surface area contributed by atoms with Crippen LogP contribution < -0.4 is 16.4 Å². The highest BCUT2D eigenvalue weighted by atomic mass is 16.1. The van der Waals surface area contributed by atoms with E-state index >= 15 is 0 Å². The number of nitrogens with two attached hydrogens (primary N) is 1. The summed E-state index contributed by atoms with van der Waals surface area (Å²) in [4.78, 5) is 20.0. The molecule has 1 heterocycles. The number of fused-ring (bicyclic) bond motifs is 1. The van der Waals surface area contributed by atoms with Gasteiger partial charge < -0.3 is 11.1 Å². The molecule has 0 fully saturated rings. The van der Waals surface area contributed by atoms with Gasteiger partial charge in [-0.1, -0.05) is 6.42 Å². The average Bonchev–Trinajstić information content (AvgIpc) is 2.72. The number of nitrogens with zero attached hydrogens (tertiary/aromatic N) is 2. The molecule has 116 valence electrons. The first-order valence-electron chi connectivity index (χ1n) is 7.22. The van der Waals surface area contributed by atoms with E-state index in [2.05, 4.69) is 20.6 Å². The monoisotopic (exact) mass is 291 g/mol. The van der Waals surface area contributed by atoms with E-state index in [1.165, 1.54) is 25.5 Å². The van der Waals surface area contributed by atoms with E-state index in [1.807, 2.05) is 20.2 Å². The molecule has 0 aromatic carbocycles. The molecule has 4 N–H and O–H groups in total. The molecule has 6 heteroatoms. The fourth-order valence-electron chi connectivity index (χ4n) is 2.13. The third kappa shape index (κ3) is 5.51. The number of amides is 1. The topological polar surface area (TPSA) is 92.4 Å². The Kier molecular flexibility index (Phi) is 7.39. The van der Waals surface area contributed by atoms with Gasteiger partial charge in [-0.3, -0.25) is 20.1 Å². The summed E-state index contributed by atoms with van der Waals surface area (Å²) >= 11 is 0. The van der Waals surface area contributed by atoms with Crippen LogP contribution in [0.15, 0.2) is 17.3 Å². The summed E-state index contributed by atoms with van der Waals surface area (Å²) in [5, 5.41) is 5.27. The first-order valence-corrected chi connectivity index (χ1v) is 7.22. The fraction of sp³-hybridized carbons (Fsp3) is 0.533. The Labute approximate surface area is 126 Å². The summed E-state index contributed by atoms with van der Waals surface area (Å²) in [6.07, 6.45) is 7.20. The van der Waals surface area contributed by atoms with E-state index in [1.54, 1.807) is 6.20 Å². The van der Waals surface area contributed by atoms with Gasteiger partial charge in [0, 0.05) is 18.9 Å². The highest BCUT2D eigenvalue weighted by molar-refractivity contribution is 6.05. The van der Waals surface area contributed by atoms with Crippen molar-refractivity contribution in [1.82, 2.24) is 15.6 Å². The second-order valence-electron chi connectivity index (χ2n) is 4.95. The Morgan fingerprint density at radius 1 is 1.29 bits per heavy atom. The van der Waals surface area contributed by atoms with Crippen LogP contribution in [0.25, 0.3) is 0 Å². The lowest BCUT2D eigenvalue weighted by molar-refractivity contribution is 0.0976. The van der Waals surface area contributed by atoms with Crippen molar-refractivity contribution >= 4 is 11.9 Å². The highest BCUT2D eigenvalue weighted by Crippen LogP contribution is 2.19. The summed E-state index contributed by atoms with van der Waals surface area (Å²) in [6, 6.07) is 1.92. The van der Waals surface area contributed by atoms with Gasteiger partial charge in [0.25, 0.3) is 5.91 Å². The lowest BCUT2D eigenvalue weighted by Gasteiger charge is -2.08. The minimum absolute atomic E-state index is 0.120. The normalized spacial score (nSPS) is 14.3. The largest absolute Gasteiger partial charge is 0.370 e. The molecule has 1 aromatic rings. The molecular formula is C15H25N5O. The number of nitrogens with one attached hydrogen (secondary N) is 2. The Bertz CT molecular complexity index is 499. The predicted molar refractivity (Wildman–Crippen MR) is 85.5 cm³/mol. The number of pyridine rings is 1. The van der Waals surface area contributed by atoms with Crippen molar-refractivity contribution in [1.29, 1.82) is 0 Å². The zero-order valence-electron chi connectivity index (χ0n) is 13.1. The third-order valence-corrected chi connectivity index (χ3v) is 3.16. The predicted octanol–water partition coefficient (Wildman–Crippen LogP) is 0.860. The second-order valence-corrected chi connectivity index (χ2v) is 4.95. The molecule has 0 saturated heterocycles. The molecular weight excluding hydrogens is 266 g/mol. The van der Waals surface area contributed by atoms with Crippen molar-refractivity contribution in [2.24, 2.45) is 10.7 Å². The highest BCUT2D eigenvalue weighted by Gasteiger charge is 2.13. The molecule has 0 aliphatic heterocycles. The molecule has 21 heavy (non-hydrogen) atoms. The summed E-state index contributed by atoms with van der Waals surface area (Å²) in [6.45, 7) is 0. The zero-order chi connectivity index (χ0) is 15.7. The maximum atomic E-state index is 11.9. The SMILES string of the molecule is CN=C(N)NC(=O)c1cnc2c(c1)CCCCC2.CNC. The van der Waals surface area contributed by atoms with Gasteiger partial charge in [-0.15, -0.1) is 0 Å². The Morgan fingerprint density at radius 2 is 1.95 bits per heavy atom. The van der Waals surface area contributed by atoms with Crippen LogP contribution in [0.5, 0.6) is 0 Å². The number of aryl methyl sites for hydroxylation is 2. The van der Waals surface area contributed by atoms with Crippen molar-refractivity contribution in [2.45, 2.75) is 32.1 Å². The van der Waals surface area contributed by atoms with Gasteiger partial charge in [0.05, 0.1) is 5.56 Å². The van der Waals surface area contributed by atoms with Gasteiger partial charge in [0.1, 0.15) is 0 Å². The van der Waals surface area contributed by atoms with Crippen molar-refractivity contribution in [2.75, 3.05) is 21.1 Å². The number of aromatic nitrogens is 1. The van der Waals surface area contributed by atoms with E-state index < -0.39 is 0 Å². The molecule has 0 bridgehead atoms. The number of aliphatic imine (C=N–C) groups is 1. The smallest absolute Gasteiger partial charge is 0.259 e. The van der Waals surface area contributed by atoms with Crippen LogP contribution in [-0.2, 0) is 12.8 Å². The molecule has 1 amide bonds. The molecule has 1 aliphatic rings. The van der Waals surface area contributed by atoms with Crippen molar-refractivity contribution in [3.63, 3.8) is 0 Å². The third-order valence-electron chi connectivity index (χ3n) is 3.16.